The number of methoxy groups -OCH3 is 1. The van der Waals surface area contributed by atoms with Gasteiger partial charge in [0.15, 0.2) is 0 Å². The van der Waals surface area contributed by atoms with E-state index in [1.165, 1.54) is 23.0 Å². The molecule has 0 spiro atoms. The molecule has 0 unspecified atom stereocenters. The Labute approximate surface area is 179 Å². The van der Waals surface area contributed by atoms with Crippen LogP contribution in [-0.4, -0.2) is 90.3 Å². The van der Waals surface area contributed by atoms with Crippen molar-refractivity contribution in [2.75, 3.05) is 46.5 Å². The summed E-state index contributed by atoms with van der Waals surface area (Å²) < 4.78 is 10.3. The summed E-state index contributed by atoms with van der Waals surface area (Å²) in [5.74, 6) is -0.536. The zero-order valence-corrected chi connectivity index (χ0v) is 17.5. The third kappa shape index (κ3) is 5.02. The van der Waals surface area contributed by atoms with Crippen molar-refractivity contribution in [3.05, 3.63) is 36.0 Å². The van der Waals surface area contributed by atoms with Gasteiger partial charge in [-0.25, -0.2) is 9.78 Å². The van der Waals surface area contributed by atoms with Crippen LogP contribution >= 0.6 is 0 Å². The van der Waals surface area contributed by atoms with E-state index < -0.39 is 30.6 Å². The van der Waals surface area contributed by atoms with Crippen LogP contribution in [0.25, 0.3) is 10.9 Å². The van der Waals surface area contributed by atoms with Gasteiger partial charge in [-0.3, -0.25) is 9.59 Å². The molecule has 2 aromatic rings. The lowest BCUT2D eigenvalue weighted by Gasteiger charge is -2.35. The zero-order chi connectivity index (χ0) is 22.4. The summed E-state index contributed by atoms with van der Waals surface area (Å²) in [4.78, 5) is 44.7. The minimum absolute atomic E-state index is 0.0777. The maximum Gasteiger partial charge on any atom is 0.409 e. The fourth-order valence-electron chi connectivity index (χ4n) is 3.39. The molecule has 1 atom stereocenters. The molecule has 1 aliphatic rings. The van der Waals surface area contributed by atoms with Gasteiger partial charge in [-0.15, -0.1) is 0 Å². The number of piperazine rings is 1. The fourth-order valence-corrected chi connectivity index (χ4v) is 3.39. The first kappa shape index (κ1) is 22.3. The lowest BCUT2D eigenvalue weighted by Crippen LogP contribution is -2.56. The van der Waals surface area contributed by atoms with Gasteiger partial charge in [0.1, 0.15) is 17.5 Å². The van der Waals surface area contributed by atoms with E-state index in [0.29, 0.717) is 24.4 Å². The maximum absolute atomic E-state index is 12.8. The Kier molecular flexibility index (Phi) is 7.24. The van der Waals surface area contributed by atoms with Gasteiger partial charge in [0.25, 0.3) is 5.91 Å². The smallest absolute Gasteiger partial charge is 0.409 e. The van der Waals surface area contributed by atoms with E-state index in [4.69, 9.17) is 9.47 Å². The molecule has 0 aliphatic carbocycles. The fraction of sp³-hybridized carbons (Fsp3) is 0.429. The average molecular weight is 430 g/mol. The molecule has 0 radical (unpaired) electrons. The zero-order valence-electron chi connectivity index (χ0n) is 17.5. The number of aliphatic hydroxyl groups excluding tert-OH is 1. The molecule has 1 fully saturated rings. The van der Waals surface area contributed by atoms with Gasteiger partial charge in [0.2, 0.25) is 5.91 Å². The molecule has 10 nitrogen and oxygen atoms in total. The van der Waals surface area contributed by atoms with Crippen molar-refractivity contribution >= 4 is 28.8 Å². The minimum Gasteiger partial charge on any atom is -0.496 e. The largest absolute Gasteiger partial charge is 0.496 e. The number of benzene rings is 1. The molecule has 2 heterocycles. The van der Waals surface area contributed by atoms with Crippen molar-refractivity contribution in [2.24, 2.45) is 0 Å². The van der Waals surface area contributed by atoms with Gasteiger partial charge < -0.3 is 29.7 Å². The second kappa shape index (κ2) is 10.1. The van der Waals surface area contributed by atoms with Gasteiger partial charge in [-0.1, -0.05) is 12.1 Å². The van der Waals surface area contributed by atoms with Crippen molar-refractivity contribution in [3.63, 3.8) is 0 Å². The lowest BCUT2D eigenvalue weighted by molar-refractivity contribution is -0.135. The highest BCUT2D eigenvalue weighted by atomic mass is 16.6. The summed E-state index contributed by atoms with van der Waals surface area (Å²) >= 11 is 0. The highest BCUT2D eigenvalue weighted by Crippen LogP contribution is 2.25. The molecule has 1 saturated heterocycles. The van der Waals surface area contributed by atoms with E-state index in [1.54, 1.807) is 19.1 Å². The Balaban J connectivity index is 1.67. The van der Waals surface area contributed by atoms with E-state index in [0.717, 1.165) is 5.39 Å². The van der Waals surface area contributed by atoms with E-state index in [1.807, 2.05) is 12.1 Å². The second-order valence-electron chi connectivity index (χ2n) is 6.95. The van der Waals surface area contributed by atoms with Crippen LogP contribution < -0.4 is 10.1 Å². The normalized spacial score (nSPS) is 14.8. The number of hydrogen-bond donors (Lipinski definition) is 2. The highest BCUT2D eigenvalue weighted by molar-refractivity contribution is 5.99. The molecule has 0 saturated carbocycles. The van der Waals surface area contributed by atoms with Crippen molar-refractivity contribution in [3.8, 4) is 5.75 Å². The van der Waals surface area contributed by atoms with E-state index >= 15 is 0 Å². The molecular weight excluding hydrogens is 404 g/mol. The molecule has 10 heteroatoms. The number of fused-ring (bicyclic) bond motifs is 1. The Morgan fingerprint density at radius 1 is 1.16 bits per heavy atom. The number of aliphatic hydroxyl groups is 1. The van der Waals surface area contributed by atoms with E-state index in [2.05, 4.69) is 10.3 Å². The van der Waals surface area contributed by atoms with Gasteiger partial charge in [-0.05, 0) is 19.1 Å². The van der Waals surface area contributed by atoms with Crippen molar-refractivity contribution in [2.45, 2.75) is 13.0 Å². The first-order valence-corrected chi connectivity index (χ1v) is 10.0. The number of carbonyl (C=O) groups is 3. The third-order valence-electron chi connectivity index (χ3n) is 5.03. The second-order valence-corrected chi connectivity index (χ2v) is 6.95. The number of para-hydroxylation sites is 1. The minimum atomic E-state index is -1.12. The highest BCUT2D eigenvalue weighted by Gasteiger charge is 2.30. The van der Waals surface area contributed by atoms with Crippen LogP contribution in [0, 0.1) is 0 Å². The predicted molar refractivity (Wildman–Crippen MR) is 112 cm³/mol. The van der Waals surface area contributed by atoms with Crippen LogP contribution in [0.4, 0.5) is 4.79 Å². The Hall–Kier alpha value is -3.40. The molecule has 166 valence electrons. The van der Waals surface area contributed by atoms with Crippen LogP contribution in [0.1, 0.15) is 17.4 Å². The molecule has 3 rings (SSSR count). The number of nitrogens with zero attached hydrogens (tertiary/aromatic N) is 3. The number of rotatable bonds is 6. The van der Waals surface area contributed by atoms with Crippen LogP contribution in [-0.2, 0) is 9.53 Å². The van der Waals surface area contributed by atoms with Crippen molar-refractivity contribution in [1.82, 2.24) is 20.1 Å². The number of hydrogen-bond acceptors (Lipinski definition) is 7. The monoisotopic (exact) mass is 430 g/mol. The van der Waals surface area contributed by atoms with Crippen LogP contribution in [0.15, 0.2) is 30.3 Å². The Bertz CT molecular complexity index is 958. The van der Waals surface area contributed by atoms with Gasteiger partial charge in [0.05, 0.1) is 25.8 Å². The molecule has 31 heavy (non-hydrogen) atoms. The average Bonchev–Trinajstić information content (AvgIpc) is 2.81. The van der Waals surface area contributed by atoms with E-state index in [9.17, 15) is 19.5 Å². The molecule has 3 amide bonds. The maximum atomic E-state index is 12.8. The quantitative estimate of drug-likeness (QED) is 0.690. The Morgan fingerprint density at radius 3 is 2.48 bits per heavy atom. The summed E-state index contributed by atoms with van der Waals surface area (Å²) in [6.07, 6.45) is -0.419. The topological polar surface area (TPSA) is 121 Å². The summed E-state index contributed by atoms with van der Waals surface area (Å²) in [6, 6.07) is 7.60. The number of pyridine rings is 1. The predicted octanol–water partition coefficient (Wildman–Crippen LogP) is 0.635. The summed E-state index contributed by atoms with van der Waals surface area (Å²) in [6.45, 7) is 2.65. The number of amides is 3. The molecule has 1 aromatic heterocycles. The summed E-state index contributed by atoms with van der Waals surface area (Å²) in [5.41, 5.74) is 0.655. The molecule has 2 N–H and O–H groups in total. The third-order valence-corrected chi connectivity index (χ3v) is 5.03. The number of nitrogens with one attached hydrogen (secondary N) is 1. The van der Waals surface area contributed by atoms with Crippen LogP contribution in [0.5, 0.6) is 5.75 Å². The lowest BCUT2D eigenvalue weighted by atomic mass is 10.1. The first-order chi connectivity index (χ1) is 15.0. The molecular formula is C21H26N4O6. The SMILES string of the molecule is CCOC(=O)N1CCN(C(=O)[C@H](CO)NC(=O)c2cc(OC)c3ccccc3n2)CC1. The van der Waals surface area contributed by atoms with Gasteiger partial charge in [-0.2, -0.15) is 0 Å². The number of carbonyl (C=O) groups excluding carboxylic acids is 3. The van der Waals surface area contributed by atoms with Crippen molar-refractivity contribution in [1.29, 1.82) is 0 Å². The molecule has 0 bridgehead atoms. The van der Waals surface area contributed by atoms with Crippen LogP contribution in [0.2, 0.25) is 0 Å². The molecule has 1 aliphatic heterocycles. The van der Waals surface area contributed by atoms with E-state index in [-0.39, 0.29) is 25.4 Å². The number of aromatic nitrogens is 1. The number of ether oxygens (including phenoxy) is 2. The first-order valence-electron chi connectivity index (χ1n) is 10.0. The Morgan fingerprint density at radius 2 is 1.84 bits per heavy atom. The van der Waals surface area contributed by atoms with Crippen molar-refractivity contribution < 1.29 is 29.0 Å². The van der Waals surface area contributed by atoms with Gasteiger partial charge >= 0.3 is 6.09 Å². The summed E-state index contributed by atoms with van der Waals surface area (Å²) in [5, 5.41) is 13.0. The molecule has 1 aromatic carbocycles. The summed E-state index contributed by atoms with van der Waals surface area (Å²) in [7, 11) is 1.50. The standard InChI is InChI=1S/C21H26N4O6/c1-3-31-21(29)25-10-8-24(9-11-25)20(28)17(13-26)23-19(27)16-12-18(30-2)14-6-4-5-7-15(14)22-16/h4-7,12,17,26H,3,8-11,13H2,1-2H3,(H,23,27)/t17-/m0/s1. The van der Waals surface area contributed by atoms with Gasteiger partial charge in [0, 0.05) is 37.6 Å². The van der Waals surface area contributed by atoms with Crippen LogP contribution in [0.3, 0.4) is 0 Å².